The summed E-state index contributed by atoms with van der Waals surface area (Å²) in [5, 5.41) is 7.12. The Morgan fingerprint density at radius 1 is 1.67 bits per heavy atom. The zero-order chi connectivity index (χ0) is 10.7. The molecule has 1 N–H and O–H groups in total. The van der Waals surface area contributed by atoms with Crippen molar-refractivity contribution >= 4 is 5.91 Å². The molecule has 0 atom stereocenters. The SMILES string of the molecule is CCn1nccc1CNC(=O)C1CCC1. The Morgan fingerprint density at radius 3 is 3.07 bits per heavy atom. The fraction of sp³-hybridized carbons (Fsp3) is 0.636. The first-order valence-corrected chi connectivity index (χ1v) is 5.59. The number of carbonyl (C=O) groups excluding carboxylic acids is 1. The third kappa shape index (κ3) is 2.19. The first-order valence-electron chi connectivity index (χ1n) is 5.59. The summed E-state index contributed by atoms with van der Waals surface area (Å²) in [4.78, 5) is 11.6. The highest BCUT2D eigenvalue weighted by Gasteiger charge is 2.24. The molecule has 1 aliphatic carbocycles. The second kappa shape index (κ2) is 4.47. The lowest BCUT2D eigenvalue weighted by Crippen LogP contribution is -2.34. The van der Waals surface area contributed by atoms with Crippen LogP contribution in [0.1, 0.15) is 31.9 Å². The van der Waals surface area contributed by atoms with E-state index < -0.39 is 0 Å². The summed E-state index contributed by atoms with van der Waals surface area (Å²) in [6.07, 6.45) is 5.08. The van der Waals surface area contributed by atoms with Crippen molar-refractivity contribution < 1.29 is 4.79 Å². The lowest BCUT2D eigenvalue weighted by molar-refractivity contribution is -0.127. The summed E-state index contributed by atoms with van der Waals surface area (Å²) in [6, 6.07) is 1.95. The van der Waals surface area contributed by atoms with Crippen LogP contribution in [0.25, 0.3) is 0 Å². The molecule has 1 aromatic rings. The number of carbonyl (C=O) groups is 1. The van der Waals surface area contributed by atoms with Gasteiger partial charge in [-0.1, -0.05) is 6.42 Å². The largest absolute Gasteiger partial charge is 0.350 e. The first kappa shape index (κ1) is 10.2. The van der Waals surface area contributed by atoms with Gasteiger partial charge in [-0.05, 0) is 25.8 Å². The molecule has 0 spiro atoms. The predicted octanol–water partition coefficient (Wildman–Crippen LogP) is 1.32. The van der Waals surface area contributed by atoms with Gasteiger partial charge in [0.25, 0.3) is 0 Å². The maximum atomic E-state index is 11.6. The molecule has 1 aromatic heterocycles. The number of aryl methyl sites for hydroxylation is 1. The van der Waals surface area contributed by atoms with Gasteiger partial charge >= 0.3 is 0 Å². The minimum atomic E-state index is 0.199. The number of hydrogen-bond acceptors (Lipinski definition) is 2. The third-order valence-corrected chi connectivity index (χ3v) is 3.02. The van der Waals surface area contributed by atoms with Gasteiger partial charge in [0.15, 0.2) is 0 Å². The summed E-state index contributed by atoms with van der Waals surface area (Å²) in [6.45, 7) is 3.50. The topological polar surface area (TPSA) is 46.9 Å². The van der Waals surface area contributed by atoms with Crippen LogP contribution in [0.4, 0.5) is 0 Å². The molecule has 4 heteroatoms. The van der Waals surface area contributed by atoms with Gasteiger partial charge in [-0.3, -0.25) is 9.48 Å². The molecular formula is C11H17N3O. The van der Waals surface area contributed by atoms with E-state index in [-0.39, 0.29) is 11.8 Å². The molecule has 0 unspecified atom stereocenters. The second-order valence-corrected chi connectivity index (χ2v) is 3.98. The van der Waals surface area contributed by atoms with Crippen LogP contribution in [0.15, 0.2) is 12.3 Å². The van der Waals surface area contributed by atoms with Crippen molar-refractivity contribution in [2.75, 3.05) is 0 Å². The number of rotatable bonds is 4. The molecule has 15 heavy (non-hydrogen) atoms. The smallest absolute Gasteiger partial charge is 0.223 e. The quantitative estimate of drug-likeness (QED) is 0.809. The molecule has 4 nitrogen and oxygen atoms in total. The molecule has 2 rings (SSSR count). The Bertz CT molecular complexity index is 341. The molecule has 82 valence electrons. The van der Waals surface area contributed by atoms with Crippen LogP contribution in [0.2, 0.25) is 0 Å². The first-order chi connectivity index (χ1) is 7.31. The Hall–Kier alpha value is -1.32. The highest BCUT2D eigenvalue weighted by atomic mass is 16.1. The van der Waals surface area contributed by atoms with Crippen LogP contribution in [-0.4, -0.2) is 15.7 Å². The number of nitrogens with one attached hydrogen (secondary N) is 1. The minimum absolute atomic E-state index is 0.199. The van der Waals surface area contributed by atoms with E-state index in [1.807, 2.05) is 17.7 Å². The highest BCUT2D eigenvalue weighted by molar-refractivity contribution is 5.79. The van der Waals surface area contributed by atoms with Gasteiger partial charge in [0.05, 0.1) is 12.2 Å². The van der Waals surface area contributed by atoms with Gasteiger partial charge < -0.3 is 5.32 Å². The molecule has 1 amide bonds. The number of nitrogens with zero attached hydrogens (tertiary/aromatic N) is 2. The fourth-order valence-corrected chi connectivity index (χ4v) is 1.79. The normalized spacial score (nSPS) is 16.1. The van der Waals surface area contributed by atoms with Gasteiger partial charge in [0.2, 0.25) is 5.91 Å². The Kier molecular flexibility index (Phi) is 3.04. The maximum Gasteiger partial charge on any atom is 0.223 e. The zero-order valence-electron chi connectivity index (χ0n) is 9.07. The highest BCUT2D eigenvalue weighted by Crippen LogP contribution is 2.26. The van der Waals surface area contributed by atoms with Crippen LogP contribution in [0, 0.1) is 5.92 Å². The lowest BCUT2D eigenvalue weighted by Gasteiger charge is -2.24. The summed E-state index contributed by atoms with van der Waals surface area (Å²) < 4.78 is 1.90. The number of hydrogen-bond donors (Lipinski definition) is 1. The van der Waals surface area contributed by atoms with Crippen molar-refractivity contribution in [3.63, 3.8) is 0 Å². The van der Waals surface area contributed by atoms with Crippen LogP contribution in [-0.2, 0) is 17.9 Å². The van der Waals surface area contributed by atoms with Crippen molar-refractivity contribution in [1.82, 2.24) is 15.1 Å². The van der Waals surface area contributed by atoms with Gasteiger partial charge in [-0.25, -0.2) is 0 Å². The van der Waals surface area contributed by atoms with Crippen LogP contribution >= 0.6 is 0 Å². The summed E-state index contributed by atoms with van der Waals surface area (Å²) >= 11 is 0. The molecule has 1 heterocycles. The summed E-state index contributed by atoms with van der Waals surface area (Å²) in [7, 11) is 0. The summed E-state index contributed by atoms with van der Waals surface area (Å²) in [5.74, 6) is 0.466. The van der Waals surface area contributed by atoms with E-state index in [0.717, 1.165) is 25.1 Å². The molecule has 1 fully saturated rings. The maximum absolute atomic E-state index is 11.6. The fourth-order valence-electron chi connectivity index (χ4n) is 1.79. The lowest BCUT2D eigenvalue weighted by atomic mass is 9.85. The molecule has 0 saturated heterocycles. The molecule has 0 radical (unpaired) electrons. The number of amides is 1. The molecule has 0 bridgehead atoms. The van der Waals surface area contributed by atoms with E-state index in [4.69, 9.17) is 0 Å². The predicted molar refractivity (Wildman–Crippen MR) is 57.1 cm³/mol. The van der Waals surface area contributed by atoms with Gasteiger partial charge in [0.1, 0.15) is 0 Å². The van der Waals surface area contributed by atoms with E-state index in [9.17, 15) is 4.79 Å². The van der Waals surface area contributed by atoms with Crippen molar-refractivity contribution in [1.29, 1.82) is 0 Å². The second-order valence-electron chi connectivity index (χ2n) is 3.98. The molecule has 1 saturated carbocycles. The Morgan fingerprint density at radius 2 is 2.47 bits per heavy atom. The van der Waals surface area contributed by atoms with E-state index in [2.05, 4.69) is 10.4 Å². The number of aromatic nitrogens is 2. The van der Waals surface area contributed by atoms with Crippen molar-refractivity contribution in [2.45, 2.75) is 39.3 Å². The van der Waals surface area contributed by atoms with E-state index >= 15 is 0 Å². The van der Waals surface area contributed by atoms with E-state index in [1.54, 1.807) is 6.20 Å². The van der Waals surface area contributed by atoms with Crippen LogP contribution < -0.4 is 5.32 Å². The van der Waals surface area contributed by atoms with Gasteiger partial charge in [-0.2, -0.15) is 5.10 Å². The van der Waals surface area contributed by atoms with E-state index in [1.165, 1.54) is 6.42 Å². The molecular weight excluding hydrogens is 190 g/mol. The average Bonchev–Trinajstić information content (AvgIpc) is 2.58. The Balaban J connectivity index is 1.84. The van der Waals surface area contributed by atoms with Gasteiger partial charge in [-0.15, -0.1) is 0 Å². The standard InChI is InChI=1S/C11H17N3O/c1-2-14-10(6-7-13-14)8-12-11(15)9-4-3-5-9/h6-7,9H,2-5,8H2,1H3,(H,12,15). The van der Waals surface area contributed by atoms with Crippen LogP contribution in [0.5, 0.6) is 0 Å². The minimum Gasteiger partial charge on any atom is -0.350 e. The average molecular weight is 207 g/mol. The van der Waals surface area contributed by atoms with Crippen molar-refractivity contribution in [2.24, 2.45) is 5.92 Å². The molecule has 0 aromatic carbocycles. The van der Waals surface area contributed by atoms with Gasteiger partial charge in [0, 0.05) is 18.7 Å². The van der Waals surface area contributed by atoms with Crippen molar-refractivity contribution in [3.8, 4) is 0 Å². The molecule has 1 aliphatic rings. The monoisotopic (exact) mass is 207 g/mol. The summed E-state index contributed by atoms with van der Waals surface area (Å²) in [5.41, 5.74) is 1.07. The Labute approximate surface area is 89.7 Å². The van der Waals surface area contributed by atoms with E-state index in [0.29, 0.717) is 6.54 Å². The van der Waals surface area contributed by atoms with Crippen LogP contribution in [0.3, 0.4) is 0 Å². The van der Waals surface area contributed by atoms with Crippen molar-refractivity contribution in [3.05, 3.63) is 18.0 Å². The third-order valence-electron chi connectivity index (χ3n) is 3.02. The molecule has 0 aliphatic heterocycles. The zero-order valence-corrected chi connectivity index (χ0v) is 9.07.